The van der Waals surface area contributed by atoms with Gasteiger partial charge in [-0.3, -0.25) is 0 Å². The van der Waals surface area contributed by atoms with Gasteiger partial charge in [0.15, 0.2) is 0 Å². The summed E-state index contributed by atoms with van der Waals surface area (Å²) in [6.45, 7) is 5.86. The van der Waals surface area contributed by atoms with Gasteiger partial charge in [-0.1, -0.05) is 29.8 Å². The van der Waals surface area contributed by atoms with Crippen LogP contribution < -0.4 is 5.73 Å². The molecule has 0 saturated carbocycles. The molecule has 0 unspecified atom stereocenters. The maximum Gasteiger partial charge on any atom is 0.136 e. The number of anilines is 1. The minimum absolute atomic E-state index is 0.728. The molecular formula is C11H14BrNO. The molecule has 0 amide bonds. The van der Waals surface area contributed by atoms with Gasteiger partial charge in [-0.05, 0) is 25.1 Å². The number of halogens is 1. The van der Waals surface area contributed by atoms with E-state index in [4.69, 9.17) is 10.2 Å². The summed E-state index contributed by atoms with van der Waals surface area (Å²) in [6, 6.07) is 5.80. The number of hydrogen-bond donors (Lipinski definition) is 1. The van der Waals surface area contributed by atoms with Gasteiger partial charge >= 0.3 is 0 Å². The second-order valence-corrected chi connectivity index (χ2v) is 3.63. The van der Waals surface area contributed by atoms with E-state index < -0.39 is 0 Å². The number of benzene rings is 1. The second kappa shape index (κ2) is 4.51. The third-order valence-corrected chi connectivity index (χ3v) is 2.37. The van der Waals surface area contributed by atoms with Crippen molar-refractivity contribution >= 4 is 32.6 Å². The van der Waals surface area contributed by atoms with E-state index in [0.29, 0.717) is 0 Å². The molecule has 0 aliphatic heterocycles. The molecule has 0 atom stereocenters. The van der Waals surface area contributed by atoms with Crippen molar-refractivity contribution in [2.45, 2.75) is 20.8 Å². The van der Waals surface area contributed by atoms with Crippen molar-refractivity contribution in [2.24, 2.45) is 0 Å². The molecule has 0 aliphatic rings. The molecule has 0 fully saturated rings. The third kappa shape index (κ3) is 1.93. The second-order valence-electron chi connectivity index (χ2n) is 2.71. The predicted molar refractivity (Wildman–Crippen MR) is 64.4 cm³/mol. The van der Waals surface area contributed by atoms with Crippen LogP contribution in [0.5, 0.6) is 0 Å². The Bertz CT molecular complexity index is 434. The average molecular weight is 256 g/mol. The smallest absolute Gasteiger partial charge is 0.136 e. The molecule has 0 saturated heterocycles. The average Bonchev–Trinajstić information content (AvgIpc) is 2.48. The van der Waals surface area contributed by atoms with Gasteiger partial charge in [-0.2, -0.15) is 0 Å². The van der Waals surface area contributed by atoms with Crippen molar-refractivity contribution in [1.29, 1.82) is 0 Å². The number of hydrogen-bond acceptors (Lipinski definition) is 2. The molecule has 0 bridgehead atoms. The number of rotatable bonds is 0. The highest BCUT2D eigenvalue weighted by atomic mass is 79.9. The Kier molecular flexibility index (Phi) is 3.58. The molecule has 2 nitrogen and oxygen atoms in total. The molecule has 2 N–H and O–H groups in total. The van der Waals surface area contributed by atoms with E-state index in [9.17, 15) is 0 Å². The van der Waals surface area contributed by atoms with Crippen LogP contribution in [0.3, 0.4) is 0 Å². The SMILES string of the molecule is CC.Cc1oc2ccc(Br)cc2c1N. The van der Waals surface area contributed by atoms with E-state index in [-0.39, 0.29) is 0 Å². The first kappa shape index (κ1) is 11.1. The first-order valence-electron chi connectivity index (χ1n) is 4.62. The van der Waals surface area contributed by atoms with Crippen molar-refractivity contribution in [2.75, 3.05) is 5.73 Å². The largest absolute Gasteiger partial charge is 0.459 e. The summed E-state index contributed by atoms with van der Waals surface area (Å²) in [5.41, 5.74) is 7.36. The van der Waals surface area contributed by atoms with Gasteiger partial charge < -0.3 is 10.2 Å². The lowest BCUT2D eigenvalue weighted by Crippen LogP contribution is -1.83. The van der Waals surface area contributed by atoms with Gasteiger partial charge in [0.25, 0.3) is 0 Å². The molecule has 3 heteroatoms. The molecule has 14 heavy (non-hydrogen) atoms. The van der Waals surface area contributed by atoms with Crippen molar-refractivity contribution in [3.63, 3.8) is 0 Å². The minimum atomic E-state index is 0.728. The van der Waals surface area contributed by atoms with Crippen molar-refractivity contribution in [3.05, 3.63) is 28.4 Å². The summed E-state index contributed by atoms with van der Waals surface area (Å²) >= 11 is 3.38. The van der Waals surface area contributed by atoms with E-state index in [1.54, 1.807) is 0 Å². The number of fused-ring (bicyclic) bond motifs is 1. The Labute approximate surface area is 92.2 Å². The van der Waals surface area contributed by atoms with Gasteiger partial charge in [-0.15, -0.1) is 0 Å². The summed E-state index contributed by atoms with van der Waals surface area (Å²) in [5, 5.41) is 0.974. The van der Waals surface area contributed by atoms with E-state index >= 15 is 0 Å². The zero-order chi connectivity index (χ0) is 10.7. The van der Waals surface area contributed by atoms with Crippen LogP contribution in [0.2, 0.25) is 0 Å². The highest BCUT2D eigenvalue weighted by Gasteiger charge is 2.06. The zero-order valence-electron chi connectivity index (χ0n) is 8.60. The number of nitrogen functional groups attached to an aromatic ring is 1. The standard InChI is InChI=1S/C9H8BrNO.C2H6/c1-5-9(11)7-4-6(10)2-3-8(7)12-5;1-2/h2-4H,11H2,1H3;1-2H3. The van der Waals surface area contributed by atoms with Crippen LogP contribution in [0.25, 0.3) is 11.0 Å². The zero-order valence-corrected chi connectivity index (χ0v) is 10.2. The van der Waals surface area contributed by atoms with Gasteiger partial charge in [0.05, 0.1) is 5.69 Å². The summed E-state index contributed by atoms with van der Waals surface area (Å²) in [5.74, 6) is 0.781. The highest BCUT2D eigenvalue weighted by molar-refractivity contribution is 9.10. The van der Waals surface area contributed by atoms with Crippen LogP contribution in [0.15, 0.2) is 27.1 Å². The van der Waals surface area contributed by atoms with Crippen LogP contribution in [-0.2, 0) is 0 Å². The summed E-state index contributed by atoms with van der Waals surface area (Å²) < 4.78 is 6.42. The Morgan fingerprint density at radius 3 is 2.57 bits per heavy atom. The van der Waals surface area contributed by atoms with E-state index in [1.807, 2.05) is 39.0 Å². The van der Waals surface area contributed by atoms with Crippen LogP contribution in [0, 0.1) is 6.92 Å². The van der Waals surface area contributed by atoms with Crippen molar-refractivity contribution < 1.29 is 4.42 Å². The van der Waals surface area contributed by atoms with Crippen molar-refractivity contribution in [1.82, 2.24) is 0 Å². The topological polar surface area (TPSA) is 39.2 Å². The first-order valence-corrected chi connectivity index (χ1v) is 5.42. The lowest BCUT2D eigenvalue weighted by atomic mass is 10.2. The van der Waals surface area contributed by atoms with Crippen LogP contribution in [-0.4, -0.2) is 0 Å². The summed E-state index contributed by atoms with van der Waals surface area (Å²) in [4.78, 5) is 0. The fourth-order valence-corrected chi connectivity index (χ4v) is 1.57. The minimum Gasteiger partial charge on any atom is -0.459 e. The lowest BCUT2D eigenvalue weighted by Gasteiger charge is -1.90. The van der Waals surface area contributed by atoms with Crippen LogP contribution >= 0.6 is 15.9 Å². The normalized spacial score (nSPS) is 9.71. The summed E-state index contributed by atoms with van der Waals surface area (Å²) in [6.07, 6.45) is 0. The molecule has 0 aliphatic carbocycles. The Balaban J connectivity index is 0.000000461. The van der Waals surface area contributed by atoms with Crippen molar-refractivity contribution in [3.8, 4) is 0 Å². The summed E-state index contributed by atoms with van der Waals surface area (Å²) in [7, 11) is 0. The Hall–Kier alpha value is -0.960. The maximum atomic E-state index is 5.79. The molecule has 2 rings (SSSR count). The number of furan rings is 1. The number of aryl methyl sites for hydroxylation is 1. The van der Waals surface area contributed by atoms with E-state index in [0.717, 1.165) is 26.9 Å². The molecule has 1 aromatic heterocycles. The molecule has 0 radical (unpaired) electrons. The van der Waals surface area contributed by atoms with E-state index in [1.165, 1.54) is 0 Å². The quantitative estimate of drug-likeness (QED) is 0.770. The molecule has 1 heterocycles. The lowest BCUT2D eigenvalue weighted by molar-refractivity contribution is 0.580. The van der Waals surface area contributed by atoms with Crippen LogP contribution in [0.1, 0.15) is 19.6 Å². The van der Waals surface area contributed by atoms with Gasteiger partial charge in [0.1, 0.15) is 11.3 Å². The Morgan fingerprint density at radius 1 is 1.29 bits per heavy atom. The molecule has 2 aromatic rings. The molecular weight excluding hydrogens is 242 g/mol. The molecule has 76 valence electrons. The van der Waals surface area contributed by atoms with Gasteiger partial charge in [0.2, 0.25) is 0 Å². The van der Waals surface area contributed by atoms with Gasteiger partial charge in [0, 0.05) is 9.86 Å². The number of nitrogens with two attached hydrogens (primary N) is 1. The first-order chi connectivity index (χ1) is 6.68. The fraction of sp³-hybridized carbons (Fsp3) is 0.273. The highest BCUT2D eigenvalue weighted by Crippen LogP contribution is 2.29. The third-order valence-electron chi connectivity index (χ3n) is 1.87. The van der Waals surface area contributed by atoms with E-state index in [2.05, 4.69) is 15.9 Å². The molecule has 1 aromatic carbocycles. The fourth-order valence-electron chi connectivity index (χ4n) is 1.21. The predicted octanol–water partition coefficient (Wildman–Crippen LogP) is 4.11. The van der Waals surface area contributed by atoms with Crippen LogP contribution in [0.4, 0.5) is 5.69 Å². The Morgan fingerprint density at radius 2 is 1.93 bits per heavy atom. The monoisotopic (exact) mass is 255 g/mol. The maximum absolute atomic E-state index is 5.79. The van der Waals surface area contributed by atoms with Gasteiger partial charge in [-0.25, -0.2) is 0 Å². The molecule has 0 spiro atoms.